The maximum absolute atomic E-state index is 12.4. The van der Waals surface area contributed by atoms with E-state index in [0.29, 0.717) is 11.3 Å². The molecule has 0 aliphatic rings. The molecular formula is C18H14BrN7O2. The van der Waals surface area contributed by atoms with Gasteiger partial charge in [0.25, 0.3) is 5.91 Å². The highest BCUT2D eigenvalue weighted by atomic mass is 79.9. The fraction of sp³-hybridized carbons (Fsp3) is 0.0556. The number of amides is 1. The van der Waals surface area contributed by atoms with E-state index in [9.17, 15) is 4.79 Å². The second-order valence-electron chi connectivity index (χ2n) is 5.86. The molecule has 3 N–H and O–H groups in total. The quantitative estimate of drug-likeness (QED) is 0.363. The fourth-order valence-electron chi connectivity index (χ4n) is 2.71. The van der Waals surface area contributed by atoms with Gasteiger partial charge in [0, 0.05) is 4.47 Å². The highest BCUT2D eigenvalue weighted by Crippen LogP contribution is 2.26. The van der Waals surface area contributed by atoms with Crippen LogP contribution >= 0.6 is 15.9 Å². The molecule has 0 fully saturated rings. The van der Waals surface area contributed by atoms with Crippen LogP contribution in [0.1, 0.15) is 5.56 Å². The monoisotopic (exact) mass is 439 g/mol. The number of aromatic nitrogens is 4. The van der Waals surface area contributed by atoms with E-state index in [1.54, 1.807) is 10.8 Å². The zero-order valence-electron chi connectivity index (χ0n) is 14.4. The Balaban J connectivity index is 1.58. The van der Waals surface area contributed by atoms with Crippen LogP contribution in [0.2, 0.25) is 0 Å². The van der Waals surface area contributed by atoms with E-state index in [4.69, 9.17) is 5.73 Å². The van der Waals surface area contributed by atoms with E-state index in [0.717, 1.165) is 15.6 Å². The van der Waals surface area contributed by atoms with Gasteiger partial charge in [0.2, 0.25) is 0 Å². The van der Waals surface area contributed by atoms with Crippen molar-refractivity contribution < 1.29 is 9.42 Å². The van der Waals surface area contributed by atoms with Gasteiger partial charge in [0.1, 0.15) is 6.54 Å². The van der Waals surface area contributed by atoms with Crippen LogP contribution in [0.15, 0.2) is 62.7 Å². The minimum Gasteiger partial charge on any atom is -0.379 e. The largest absolute Gasteiger partial charge is 0.379 e. The van der Waals surface area contributed by atoms with Crippen molar-refractivity contribution >= 4 is 44.9 Å². The molecule has 1 amide bonds. The van der Waals surface area contributed by atoms with E-state index < -0.39 is 0 Å². The van der Waals surface area contributed by atoms with Crippen molar-refractivity contribution in [2.45, 2.75) is 6.54 Å². The lowest BCUT2D eigenvalue weighted by atomic mass is 10.2. The summed E-state index contributed by atoms with van der Waals surface area (Å²) in [5, 5.41) is 11.4. The first-order valence-corrected chi connectivity index (χ1v) is 9.02. The van der Waals surface area contributed by atoms with Crippen LogP contribution in [-0.2, 0) is 11.3 Å². The Morgan fingerprint density at radius 3 is 2.89 bits per heavy atom. The number of carbonyl (C=O) groups is 1. The third-order valence-corrected chi connectivity index (χ3v) is 4.43. The van der Waals surface area contributed by atoms with E-state index in [2.05, 4.69) is 46.4 Å². The highest BCUT2D eigenvalue weighted by molar-refractivity contribution is 9.10. The first-order valence-electron chi connectivity index (χ1n) is 8.23. The minimum atomic E-state index is -0.328. The Hall–Kier alpha value is -3.53. The number of anilines is 1. The molecule has 4 aromatic rings. The molecule has 2 heterocycles. The SMILES string of the molecule is Nc1nonc1-c1nc2ccccc2n1CC(=O)N/N=C/c1cccc(Br)c1. The molecule has 0 spiro atoms. The van der Waals surface area contributed by atoms with Crippen molar-refractivity contribution in [2.24, 2.45) is 5.10 Å². The number of halogens is 1. The van der Waals surface area contributed by atoms with Gasteiger partial charge in [-0.05, 0) is 40.1 Å². The molecule has 10 heteroatoms. The molecule has 0 saturated carbocycles. The summed E-state index contributed by atoms with van der Waals surface area (Å²) in [6.07, 6.45) is 1.56. The summed E-state index contributed by atoms with van der Waals surface area (Å²) < 4.78 is 7.29. The maximum atomic E-state index is 12.4. The molecular weight excluding hydrogens is 426 g/mol. The second kappa shape index (κ2) is 7.61. The Bertz CT molecular complexity index is 1180. The van der Waals surface area contributed by atoms with E-state index in [1.165, 1.54) is 0 Å². The number of hydrogen-bond donors (Lipinski definition) is 2. The minimum absolute atomic E-state index is 0.0298. The van der Waals surface area contributed by atoms with Gasteiger partial charge < -0.3 is 10.3 Å². The molecule has 0 aliphatic carbocycles. The number of hydrogen-bond acceptors (Lipinski definition) is 7. The van der Waals surface area contributed by atoms with Crippen LogP contribution in [0.5, 0.6) is 0 Å². The van der Waals surface area contributed by atoms with Crippen molar-refractivity contribution in [3.05, 3.63) is 58.6 Å². The summed E-state index contributed by atoms with van der Waals surface area (Å²) in [5.41, 5.74) is 10.9. The zero-order chi connectivity index (χ0) is 19.5. The smallest absolute Gasteiger partial charge is 0.260 e. The second-order valence-corrected chi connectivity index (χ2v) is 6.77. The predicted octanol–water partition coefficient (Wildman–Crippen LogP) is 2.58. The lowest BCUT2D eigenvalue weighted by Crippen LogP contribution is -2.23. The van der Waals surface area contributed by atoms with Crippen LogP contribution in [-0.4, -0.2) is 32.0 Å². The Morgan fingerprint density at radius 1 is 1.25 bits per heavy atom. The van der Waals surface area contributed by atoms with Gasteiger partial charge in [-0.1, -0.05) is 40.2 Å². The number of para-hydroxylation sites is 2. The summed E-state index contributed by atoms with van der Waals surface area (Å²) >= 11 is 3.39. The predicted molar refractivity (Wildman–Crippen MR) is 107 cm³/mol. The van der Waals surface area contributed by atoms with Crippen LogP contribution < -0.4 is 11.2 Å². The molecule has 0 bridgehead atoms. The number of nitrogens with two attached hydrogens (primary N) is 1. The average Bonchev–Trinajstić information content (AvgIpc) is 3.25. The molecule has 140 valence electrons. The molecule has 28 heavy (non-hydrogen) atoms. The number of nitrogens with one attached hydrogen (secondary N) is 1. The lowest BCUT2D eigenvalue weighted by molar-refractivity contribution is -0.121. The number of carbonyl (C=O) groups excluding carboxylic acids is 1. The number of rotatable bonds is 5. The molecule has 0 saturated heterocycles. The fourth-order valence-corrected chi connectivity index (χ4v) is 3.13. The van der Waals surface area contributed by atoms with E-state index in [1.807, 2.05) is 48.5 Å². The first-order chi connectivity index (χ1) is 13.6. The van der Waals surface area contributed by atoms with E-state index in [-0.39, 0.29) is 24.0 Å². The molecule has 9 nitrogen and oxygen atoms in total. The van der Waals surface area contributed by atoms with E-state index >= 15 is 0 Å². The van der Waals surface area contributed by atoms with Crippen LogP contribution in [0.3, 0.4) is 0 Å². The number of nitrogens with zero attached hydrogens (tertiary/aromatic N) is 5. The Labute approximate surface area is 167 Å². The summed E-state index contributed by atoms with van der Waals surface area (Å²) in [4.78, 5) is 16.9. The molecule has 0 aliphatic heterocycles. The van der Waals surface area contributed by atoms with Crippen molar-refractivity contribution in [2.75, 3.05) is 5.73 Å². The Morgan fingerprint density at radius 2 is 2.11 bits per heavy atom. The standard InChI is InChI=1S/C18H14BrN7O2/c19-12-5-3-4-11(8-12)9-21-23-15(27)10-26-14-7-2-1-6-13(14)22-18(26)16-17(20)25-28-24-16/h1-9H,10H2,(H2,20,25)(H,23,27)/b21-9+. The number of hydrazone groups is 1. The number of benzene rings is 2. The summed E-state index contributed by atoms with van der Waals surface area (Å²) in [6, 6.07) is 15.0. The number of imidazole rings is 1. The van der Waals surface area contributed by atoms with Crippen molar-refractivity contribution in [1.29, 1.82) is 0 Å². The summed E-state index contributed by atoms with van der Waals surface area (Å²) in [5.74, 6) is 0.168. The first kappa shape index (κ1) is 17.9. The lowest BCUT2D eigenvalue weighted by Gasteiger charge is -2.06. The third kappa shape index (κ3) is 3.62. The van der Waals surface area contributed by atoms with Crippen LogP contribution in [0.25, 0.3) is 22.6 Å². The Kier molecular flexibility index (Phi) is 4.85. The normalized spacial score (nSPS) is 11.3. The van der Waals surface area contributed by atoms with Gasteiger partial charge in [-0.15, -0.1) is 0 Å². The van der Waals surface area contributed by atoms with Crippen molar-refractivity contribution in [1.82, 2.24) is 25.3 Å². The van der Waals surface area contributed by atoms with Gasteiger partial charge in [-0.25, -0.2) is 15.0 Å². The molecule has 0 atom stereocenters. The topological polar surface area (TPSA) is 124 Å². The number of fused-ring (bicyclic) bond motifs is 1. The highest BCUT2D eigenvalue weighted by Gasteiger charge is 2.20. The van der Waals surface area contributed by atoms with Crippen molar-refractivity contribution in [3.8, 4) is 11.5 Å². The zero-order valence-corrected chi connectivity index (χ0v) is 16.0. The van der Waals surface area contributed by atoms with Gasteiger partial charge in [0.05, 0.1) is 17.2 Å². The van der Waals surface area contributed by atoms with Gasteiger partial charge in [-0.2, -0.15) is 5.10 Å². The summed E-state index contributed by atoms with van der Waals surface area (Å²) in [7, 11) is 0. The number of nitrogen functional groups attached to an aromatic ring is 1. The molecule has 4 rings (SSSR count). The molecule has 2 aromatic carbocycles. The van der Waals surface area contributed by atoms with Gasteiger partial charge >= 0.3 is 0 Å². The van der Waals surface area contributed by atoms with Crippen LogP contribution in [0, 0.1) is 0 Å². The van der Waals surface area contributed by atoms with Crippen LogP contribution in [0.4, 0.5) is 5.82 Å². The van der Waals surface area contributed by atoms with Gasteiger partial charge in [0.15, 0.2) is 17.3 Å². The van der Waals surface area contributed by atoms with Gasteiger partial charge in [-0.3, -0.25) is 4.79 Å². The molecule has 0 unspecified atom stereocenters. The molecule has 2 aromatic heterocycles. The summed E-state index contributed by atoms with van der Waals surface area (Å²) in [6.45, 7) is -0.0298. The third-order valence-electron chi connectivity index (χ3n) is 3.93. The molecule has 0 radical (unpaired) electrons. The average molecular weight is 440 g/mol. The van der Waals surface area contributed by atoms with Crippen molar-refractivity contribution in [3.63, 3.8) is 0 Å². The maximum Gasteiger partial charge on any atom is 0.260 e.